The van der Waals surface area contributed by atoms with Crippen molar-refractivity contribution in [1.29, 1.82) is 0 Å². The molecule has 8 heteroatoms. The summed E-state index contributed by atoms with van der Waals surface area (Å²) in [4.78, 5) is 27.6. The Kier molecular flexibility index (Phi) is 6.83. The van der Waals surface area contributed by atoms with Crippen LogP contribution in [0.5, 0.6) is 0 Å². The number of aryl methyl sites for hydroxylation is 1. The zero-order chi connectivity index (χ0) is 16.8. The maximum absolute atomic E-state index is 12.3. The molecule has 128 valence electrons. The fourth-order valence-electron chi connectivity index (χ4n) is 2.57. The van der Waals surface area contributed by atoms with E-state index < -0.39 is 5.97 Å². The standard InChI is InChI=1S/C15H21ClN2O4S/c1-17(10-15(20)21)8-11-9-18(6-7-22-11)14(19)5-3-12-2-4-13(16)23-12/h2,4,11H,3,5-10H2,1H3,(H,20,21). The lowest BCUT2D eigenvalue weighted by Crippen LogP contribution is -2.49. The minimum Gasteiger partial charge on any atom is -0.480 e. The summed E-state index contributed by atoms with van der Waals surface area (Å²) < 4.78 is 6.37. The molecule has 2 rings (SSSR count). The number of carbonyl (C=O) groups excluding carboxylic acids is 1. The Balaban J connectivity index is 1.78. The molecule has 0 spiro atoms. The smallest absolute Gasteiger partial charge is 0.317 e. The second kappa shape index (κ2) is 8.63. The second-order valence-electron chi connectivity index (χ2n) is 5.63. The topological polar surface area (TPSA) is 70.1 Å². The van der Waals surface area contributed by atoms with E-state index in [1.807, 2.05) is 12.1 Å². The van der Waals surface area contributed by atoms with Crippen LogP contribution in [0, 0.1) is 0 Å². The average Bonchev–Trinajstić information content (AvgIpc) is 2.89. The van der Waals surface area contributed by atoms with Gasteiger partial charge in [0, 0.05) is 30.9 Å². The summed E-state index contributed by atoms with van der Waals surface area (Å²) in [5.74, 6) is -0.769. The summed E-state index contributed by atoms with van der Waals surface area (Å²) in [6.45, 7) is 2.04. The quantitative estimate of drug-likeness (QED) is 0.799. The predicted molar refractivity (Wildman–Crippen MR) is 89.1 cm³/mol. The number of morpholine rings is 1. The molecule has 6 nitrogen and oxygen atoms in total. The summed E-state index contributed by atoms with van der Waals surface area (Å²) in [6, 6.07) is 3.79. The summed E-state index contributed by atoms with van der Waals surface area (Å²) in [5.41, 5.74) is 0. The summed E-state index contributed by atoms with van der Waals surface area (Å²) in [7, 11) is 1.73. The van der Waals surface area contributed by atoms with Gasteiger partial charge in [0.1, 0.15) is 0 Å². The van der Waals surface area contributed by atoms with Crippen molar-refractivity contribution in [3.8, 4) is 0 Å². The summed E-state index contributed by atoms with van der Waals surface area (Å²) >= 11 is 7.39. The molecule has 2 heterocycles. The molecule has 1 aliphatic heterocycles. The van der Waals surface area contributed by atoms with Gasteiger partial charge in [-0.1, -0.05) is 11.6 Å². The van der Waals surface area contributed by atoms with Crippen molar-refractivity contribution in [1.82, 2.24) is 9.80 Å². The molecule has 0 bridgehead atoms. The average molecular weight is 361 g/mol. The Hall–Kier alpha value is -1.15. The zero-order valence-corrected chi connectivity index (χ0v) is 14.6. The van der Waals surface area contributed by atoms with Crippen LogP contribution in [0.25, 0.3) is 0 Å². The van der Waals surface area contributed by atoms with Crippen LogP contribution in [0.4, 0.5) is 0 Å². The SMILES string of the molecule is CN(CC(=O)O)CC1CN(C(=O)CCc2ccc(Cl)s2)CCO1. The first kappa shape index (κ1) is 18.2. The first-order valence-corrected chi connectivity index (χ1v) is 8.67. The second-order valence-corrected chi connectivity index (χ2v) is 7.43. The van der Waals surface area contributed by atoms with Crippen molar-refractivity contribution in [2.45, 2.75) is 18.9 Å². The third-order valence-electron chi connectivity index (χ3n) is 3.63. The van der Waals surface area contributed by atoms with Crippen molar-refractivity contribution in [2.75, 3.05) is 39.8 Å². The number of amides is 1. The van der Waals surface area contributed by atoms with Gasteiger partial charge in [0.15, 0.2) is 0 Å². The van der Waals surface area contributed by atoms with E-state index in [1.165, 1.54) is 11.3 Å². The van der Waals surface area contributed by atoms with Crippen LogP contribution in [-0.4, -0.2) is 72.7 Å². The molecular weight excluding hydrogens is 340 g/mol. The monoisotopic (exact) mass is 360 g/mol. The molecule has 1 amide bonds. The number of rotatable bonds is 7. The van der Waals surface area contributed by atoms with Crippen LogP contribution in [0.3, 0.4) is 0 Å². The maximum atomic E-state index is 12.3. The molecular formula is C15H21ClN2O4S. The van der Waals surface area contributed by atoms with Gasteiger partial charge in [-0.15, -0.1) is 11.3 Å². The normalized spacial score (nSPS) is 18.4. The number of aliphatic carboxylic acids is 1. The van der Waals surface area contributed by atoms with Crippen LogP contribution >= 0.6 is 22.9 Å². The number of hydrogen-bond acceptors (Lipinski definition) is 5. The molecule has 1 atom stereocenters. The molecule has 1 unspecified atom stereocenters. The van der Waals surface area contributed by atoms with Crippen LogP contribution in [0.1, 0.15) is 11.3 Å². The lowest BCUT2D eigenvalue weighted by molar-refractivity contribution is -0.142. The predicted octanol–water partition coefficient (Wildman–Crippen LogP) is 1.58. The van der Waals surface area contributed by atoms with Crippen molar-refractivity contribution < 1.29 is 19.4 Å². The van der Waals surface area contributed by atoms with Crippen LogP contribution < -0.4 is 0 Å². The Bertz CT molecular complexity index is 551. The third-order valence-corrected chi connectivity index (χ3v) is 4.92. The number of carbonyl (C=O) groups is 2. The highest BCUT2D eigenvalue weighted by molar-refractivity contribution is 7.16. The van der Waals surface area contributed by atoms with Gasteiger partial charge in [0.05, 0.1) is 23.6 Å². The number of ether oxygens (including phenoxy) is 1. The van der Waals surface area contributed by atoms with E-state index >= 15 is 0 Å². The van der Waals surface area contributed by atoms with Gasteiger partial charge < -0.3 is 14.7 Å². The molecule has 1 aromatic rings. The van der Waals surface area contributed by atoms with Gasteiger partial charge in [-0.3, -0.25) is 14.5 Å². The Labute approximate surface area is 144 Å². The van der Waals surface area contributed by atoms with Gasteiger partial charge in [-0.2, -0.15) is 0 Å². The minimum absolute atomic E-state index is 0.0348. The summed E-state index contributed by atoms with van der Waals surface area (Å²) in [5, 5.41) is 8.78. The van der Waals surface area contributed by atoms with E-state index in [-0.39, 0.29) is 18.6 Å². The molecule has 0 radical (unpaired) electrons. The van der Waals surface area contributed by atoms with Crippen molar-refractivity contribution in [3.63, 3.8) is 0 Å². The number of thiophene rings is 1. The highest BCUT2D eigenvalue weighted by Crippen LogP contribution is 2.22. The van der Waals surface area contributed by atoms with Gasteiger partial charge in [-0.05, 0) is 25.6 Å². The van der Waals surface area contributed by atoms with Gasteiger partial charge in [0.2, 0.25) is 5.91 Å². The van der Waals surface area contributed by atoms with Crippen molar-refractivity contribution in [3.05, 3.63) is 21.3 Å². The first-order chi connectivity index (χ1) is 10.9. The maximum Gasteiger partial charge on any atom is 0.317 e. The minimum atomic E-state index is -0.870. The van der Waals surface area contributed by atoms with Crippen LogP contribution in [-0.2, 0) is 20.7 Å². The third kappa shape index (κ3) is 6.10. The van der Waals surface area contributed by atoms with E-state index in [0.717, 1.165) is 9.21 Å². The lowest BCUT2D eigenvalue weighted by atomic mass is 10.2. The van der Waals surface area contributed by atoms with Gasteiger partial charge in [-0.25, -0.2) is 0 Å². The molecule has 0 aliphatic carbocycles. The van der Waals surface area contributed by atoms with Crippen molar-refractivity contribution >= 4 is 34.8 Å². The Morgan fingerprint density at radius 2 is 2.30 bits per heavy atom. The fourth-order valence-corrected chi connectivity index (χ4v) is 3.66. The molecule has 1 fully saturated rings. The van der Waals surface area contributed by atoms with E-state index in [2.05, 4.69) is 0 Å². The molecule has 23 heavy (non-hydrogen) atoms. The number of halogens is 1. The molecule has 1 aromatic heterocycles. The van der Waals surface area contributed by atoms with Crippen LogP contribution in [0.2, 0.25) is 4.34 Å². The van der Waals surface area contributed by atoms with E-state index in [1.54, 1.807) is 16.8 Å². The molecule has 0 saturated carbocycles. The highest BCUT2D eigenvalue weighted by atomic mass is 35.5. The largest absolute Gasteiger partial charge is 0.480 e. The lowest BCUT2D eigenvalue weighted by Gasteiger charge is -2.34. The van der Waals surface area contributed by atoms with E-state index in [9.17, 15) is 9.59 Å². The van der Waals surface area contributed by atoms with Gasteiger partial charge >= 0.3 is 5.97 Å². The molecule has 0 aromatic carbocycles. The zero-order valence-electron chi connectivity index (χ0n) is 13.0. The van der Waals surface area contributed by atoms with E-state index in [4.69, 9.17) is 21.4 Å². The molecule has 1 aliphatic rings. The number of hydrogen-bond donors (Lipinski definition) is 1. The number of carboxylic acids is 1. The number of nitrogens with zero attached hydrogens (tertiary/aromatic N) is 2. The summed E-state index contributed by atoms with van der Waals surface area (Å²) in [6.07, 6.45) is 0.999. The van der Waals surface area contributed by atoms with E-state index in [0.29, 0.717) is 39.1 Å². The highest BCUT2D eigenvalue weighted by Gasteiger charge is 2.25. The molecule has 1 saturated heterocycles. The van der Waals surface area contributed by atoms with Crippen molar-refractivity contribution in [2.24, 2.45) is 0 Å². The fraction of sp³-hybridized carbons (Fsp3) is 0.600. The van der Waals surface area contributed by atoms with Crippen LogP contribution in [0.15, 0.2) is 12.1 Å². The number of likely N-dealkylation sites (N-methyl/N-ethyl adjacent to an activating group) is 1. The number of carboxylic acid groups (broad SMARTS) is 1. The Morgan fingerprint density at radius 3 is 2.96 bits per heavy atom. The molecule has 1 N–H and O–H groups in total. The first-order valence-electron chi connectivity index (χ1n) is 7.48. The van der Waals surface area contributed by atoms with Gasteiger partial charge in [0.25, 0.3) is 0 Å². The Morgan fingerprint density at radius 1 is 1.52 bits per heavy atom.